The highest BCUT2D eigenvalue weighted by molar-refractivity contribution is 7.91. The summed E-state index contributed by atoms with van der Waals surface area (Å²) in [6.45, 7) is -0.321. The second-order valence-electron chi connectivity index (χ2n) is 10.9. The zero-order valence-corrected chi connectivity index (χ0v) is 23.4. The van der Waals surface area contributed by atoms with Crippen molar-refractivity contribution in [1.29, 1.82) is 0 Å². The molecule has 0 spiro atoms. The summed E-state index contributed by atoms with van der Waals surface area (Å²) in [5.41, 5.74) is -4.72. The van der Waals surface area contributed by atoms with Gasteiger partial charge in [-0.05, 0) is 62.3 Å². The third-order valence-corrected chi connectivity index (χ3v) is 9.61. The number of aromatic nitrogens is 2. The number of halogens is 6. The van der Waals surface area contributed by atoms with Crippen molar-refractivity contribution in [3.05, 3.63) is 53.4 Å². The highest BCUT2D eigenvalue weighted by Crippen LogP contribution is 2.48. The van der Waals surface area contributed by atoms with Gasteiger partial charge in [0.25, 0.3) is 11.8 Å². The smallest absolute Gasteiger partial charge is 0.416 e. The fourth-order valence-electron chi connectivity index (χ4n) is 5.05. The van der Waals surface area contributed by atoms with Crippen LogP contribution in [0.1, 0.15) is 68.7 Å². The van der Waals surface area contributed by atoms with Crippen LogP contribution in [0.2, 0.25) is 0 Å². The second kappa shape index (κ2) is 11.2. The summed E-state index contributed by atoms with van der Waals surface area (Å²) < 4.78 is 115. The van der Waals surface area contributed by atoms with E-state index in [4.69, 9.17) is 4.74 Å². The minimum absolute atomic E-state index is 0.00957. The number of alkyl halides is 6. The number of nitrogens with zero attached hydrogens (tertiary/aromatic N) is 2. The van der Waals surface area contributed by atoms with E-state index in [0.717, 1.165) is 43.5 Å². The average Bonchev–Trinajstić information content (AvgIpc) is 3.64. The Morgan fingerprint density at radius 3 is 2.30 bits per heavy atom. The van der Waals surface area contributed by atoms with E-state index in [1.165, 1.54) is 12.3 Å². The van der Waals surface area contributed by atoms with Crippen molar-refractivity contribution in [1.82, 2.24) is 19.8 Å². The fourth-order valence-corrected chi connectivity index (χ4v) is 6.34. The number of benzene rings is 1. The first-order valence-corrected chi connectivity index (χ1v) is 15.2. The molecule has 43 heavy (non-hydrogen) atoms. The van der Waals surface area contributed by atoms with Gasteiger partial charge in [0, 0.05) is 24.6 Å². The average molecular weight is 635 g/mol. The molecule has 9 nitrogen and oxygen atoms in total. The lowest BCUT2D eigenvalue weighted by molar-refractivity contribution is -0.202. The summed E-state index contributed by atoms with van der Waals surface area (Å²) in [5.74, 6) is -2.77. The lowest BCUT2D eigenvalue weighted by Gasteiger charge is -2.41. The molecule has 1 aliphatic heterocycles. The number of carbonyl (C=O) groups excluding carboxylic acids is 2. The number of ether oxygens (including phenoxy) is 1. The maximum atomic E-state index is 14.9. The molecule has 1 atom stereocenters. The van der Waals surface area contributed by atoms with Gasteiger partial charge in [-0.15, -0.1) is 0 Å². The maximum Gasteiger partial charge on any atom is 0.416 e. The summed E-state index contributed by atoms with van der Waals surface area (Å²) >= 11 is 0. The molecule has 1 unspecified atom stereocenters. The number of hydrogen-bond donors (Lipinski definition) is 2. The Morgan fingerprint density at radius 2 is 1.74 bits per heavy atom. The first-order valence-electron chi connectivity index (χ1n) is 13.6. The highest BCUT2D eigenvalue weighted by atomic mass is 32.2. The summed E-state index contributed by atoms with van der Waals surface area (Å²) in [4.78, 5) is 26.5. The number of amides is 2. The maximum absolute atomic E-state index is 14.9. The number of carbonyl (C=O) groups is 2. The molecular formula is C27H28F6N4O5S. The molecule has 2 saturated carbocycles. The monoisotopic (exact) mass is 634 g/mol. The van der Waals surface area contributed by atoms with E-state index in [9.17, 15) is 44.3 Å². The third kappa shape index (κ3) is 6.53. The zero-order valence-electron chi connectivity index (χ0n) is 22.6. The van der Waals surface area contributed by atoms with Crippen LogP contribution in [0.25, 0.3) is 5.57 Å². The molecule has 2 aromatic rings. The molecule has 16 heteroatoms. The van der Waals surface area contributed by atoms with Crippen molar-refractivity contribution in [2.45, 2.75) is 80.5 Å². The van der Waals surface area contributed by atoms with Crippen molar-refractivity contribution >= 4 is 27.4 Å². The van der Waals surface area contributed by atoms with Crippen molar-refractivity contribution < 1.29 is 49.1 Å². The quantitative estimate of drug-likeness (QED) is 0.223. The van der Waals surface area contributed by atoms with Gasteiger partial charge in [0.15, 0.2) is 5.54 Å². The Morgan fingerprint density at radius 1 is 1.07 bits per heavy atom. The van der Waals surface area contributed by atoms with Gasteiger partial charge in [0.05, 0.1) is 23.6 Å². The molecule has 0 radical (unpaired) electrons. The summed E-state index contributed by atoms with van der Waals surface area (Å²) in [6.07, 6.45) is -7.21. The molecule has 3 aliphatic rings. The minimum atomic E-state index is -5.11. The van der Waals surface area contributed by atoms with Gasteiger partial charge >= 0.3 is 12.4 Å². The first-order chi connectivity index (χ1) is 20.1. The SMILES string of the molecule is O=C1NC(c2ccc(OCCCC(F)(F)F)cc2)(C(F)(F)F)CC(c2ccn(C3CCC3)n2)=C1C(=O)NS(=O)(=O)C1CC1. The first kappa shape index (κ1) is 30.9. The molecular weight excluding hydrogens is 606 g/mol. The Kier molecular flexibility index (Phi) is 8.03. The van der Waals surface area contributed by atoms with Crippen LogP contribution >= 0.6 is 0 Å². The molecule has 0 saturated heterocycles. The molecule has 1 aromatic carbocycles. The van der Waals surface area contributed by atoms with Crippen molar-refractivity contribution in [2.24, 2.45) is 0 Å². The number of hydrogen-bond acceptors (Lipinski definition) is 6. The summed E-state index contributed by atoms with van der Waals surface area (Å²) in [7, 11) is -4.14. The van der Waals surface area contributed by atoms with Gasteiger partial charge in [-0.3, -0.25) is 14.3 Å². The van der Waals surface area contributed by atoms with E-state index in [2.05, 4.69) is 5.10 Å². The van der Waals surface area contributed by atoms with E-state index in [1.54, 1.807) is 4.68 Å². The lowest BCUT2D eigenvalue weighted by atomic mass is 9.77. The van der Waals surface area contributed by atoms with Gasteiger partial charge in [-0.1, -0.05) is 12.1 Å². The molecule has 0 bridgehead atoms. The Labute approximate surface area is 242 Å². The number of sulfonamides is 1. The highest BCUT2D eigenvalue weighted by Gasteiger charge is 2.60. The number of nitrogens with one attached hydrogen (secondary N) is 2. The molecule has 2 fully saturated rings. The Bertz CT molecular complexity index is 1530. The van der Waals surface area contributed by atoms with Gasteiger partial charge in [0.1, 0.15) is 11.3 Å². The standard InChI is InChI=1S/C27H28F6N4O5S/c28-26(29,30)12-2-14-42-18-7-5-16(6-8-18)25(27(31,32)33)15-20(21-11-13-37(35-21)17-3-1-4-17)22(23(38)34-25)24(39)36-43(40,41)19-9-10-19/h5-8,11,13,17,19H,1-4,9-10,12,14-15H2,(H,34,38)(H,36,39). The molecule has 2 heterocycles. The summed E-state index contributed by atoms with van der Waals surface area (Å²) in [5, 5.41) is 5.45. The van der Waals surface area contributed by atoms with Crippen LogP contribution in [0.3, 0.4) is 0 Å². The van der Waals surface area contributed by atoms with Crippen molar-refractivity contribution in [2.75, 3.05) is 6.61 Å². The van der Waals surface area contributed by atoms with Crippen LogP contribution in [0.15, 0.2) is 42.1 Å². The zero-order chi connectivity index (χ0) is 31.2. The third-order valence-electron chi connectivity index (χ3n) is 7.79. The van der Waals surface area contributed by atoms with Crippen LogP contribution in [0, 0.1) is 0 Å². The summed E-state index contributed by atoms with van der Waals surface area (Å²) in [6, 6.07) is 5.73. The largest absolute Gasteiger partial charge is 0.494 e. The van der Waals surface area contributed by atoms with Crippen LogP contribution in [0.5, 0.6) is 5.75 Å². The molecule has 1 aromatic heterocycles. The van der Waals surface area contributed by atoms with E-state index in [1.807, 2.05) is 10.0 Å². The van der Waals surface area contributed by atoms with Crippen LogP contribution in [-0.2, 0) is 25.2 Å². The normalized spacial score (nSPS) is 21.8. The fraction of sp³-hybridized carbons (Fsp3) is 0.519. The predicted molar refractivity (Wildman–Crippen MR) is 140 cm³/mol. The lowest BCUT2D eigenvalue weighted by Crippen LogP contribution is -2.60. The Hall–Kier alpha value is -3.56. The predicted octanol–water partition coefficient (Wildman–Crippen LogP) is 4.67. The van der Waals surface area contributed by atoms with E-state index in [-0.39, 0.29) is 36.1 Å². The second-order valence-corrected chi connectivity index (χ2v) is 12.9. The topological polar surface area (TPSA) is 119 Å². The van der Waals surface area contributed by atoms with E-state index < -0.39 is 69.0 Å². The number of rotatable bonds is 10. The van der Waals surface area contributed by atoms with E-state index in [0.29, 0.717) is 12.8 Å². The molecule has 2 aliphatic carbocycles. The molecule has 5 rings (SSSR count). The molecule has 234 valence electrons. The van der Waals surface area contributed by atoms with Crippen LogP contribution < -0.4 is 14.8 Å². The van der Waals surface area contributed by atoms with Gasteiger partial charge in [0.2, 0.25) is 10.0 Å². The van der Waals surface area contributed by atoms with Crippen molar-refractivity contribution in [3.8, 4) is 5.75 Å². The van der Waals surface area contributed by atoms with E-state index >= 15 is 0 Å². The van der Waals surface area contributed by atoms with Gasteiger partial charge in [-0.25, -0.2) is 13.1 Å². The minimum Gasteiger partial charge on any atom is -0.494 e. The van der Waals surface area contributed by atoms with Gasteiger partial charge in [-0.2, -0.15) is 31.4 Å². The van der Waals surface area contributed by atoms with Gasteiger partial charge < -0.3 is 10.1 Å². The Balaban J connectivity index is 1.50. The molecule has 2 amide bonds. The van der Waals surface area contributed by atoms with Crippen LogP contribution in [0.4, 0.5) is 26.3 Å². The molecule has 2 N–H and O–H groups in total. The van der Waals surface area contributed by atoms with Crippen LogP contribution in [-0.4, -0.2) is 54.2 Å². The van der Waals surface area contributed by atoms with Crippen molar-refractivity contribution in [3.63, 3.8) is 0 Å².